The quantitative estimate of drug-likeness (QED) is 0.739. The van der Waals surface area contributed by atoms with Crippen LogP contribution < -0.4 is 4.72 Å². The van der Waals surface area contributed by atoms with Crippen LogP contribution in [-0.4, -0.2) is 37.4 Å². The normalized spacial score (nSPS) is 12.7. The summed E-state index contributed by atoms with van der Waals surface area (Å²) in [6.45, 7) is 0.158. The van der Waals surface area contributed by atoms with E-state index in [4.69, 9.17) is 21.8 Å². The first-order valence-electron chi connectivity index (χ1n) is 4.95. The number of sulfonamides is 1. The molecule has 0 aliphatic carbocycles. The fourth-order valence-corrected chi connectivity index (χ4v) is 2.80. The zero-order valence-corrected chi connectivity index (χ0v) is 11.1. The van der Waals surface area contributed by atoms with Crippen molar-refractivity contribution in [1.82, 2.24) is 4.72 Å². The number of halogens is 2. The van der Waals surface area contributed by atoms with Gasteiger partial charge in [-0.2, -0.15) is 0 Å². The third-order valence-electron chi connectivity index (χ3n) is 2.28. The Bertz CT molecular complexity index is 531. The fourth-order valence-electron chi connectivity index (χ4n) is 1.14. The van der Waals surface area contributed by atoms with Crippen molar-refractivity contribution in [3.63, 3.8) is 0 Å². The lowest BCUT2D eigenvalue weighted by molar-refractivity contribution is 0.122. The number of rotatable bonds is 5. The van der Waals surface area contributed by atoms with Crippen LogP contribution in [0.4, 0.5) is 4.39 Å². The van der Waals surface area contributed by atoms with Crippen molar-refractivity contribution in [2.24, 2.45) is 0 Å². The van der Waals surface area contributed by atoms with E-state index in [1.54, 1.807) is 0 Å². The van der Waals surface area contributed by atoms with Crippen molar-refractivity contribution in [1.29, 1.82) is 0 Å². The van der Waals surface area contributed by atoms with Gasteiger partial charge >= 0.3 is 0 Å². The Morgan fingerprint density at radius 3 is 2.39 bits per heavy atom. The Labute approximate surface area is 109 Å². The summed E-state index contributed by atoms with van der Waals surface area (Å²) in [6.07, 6.45) is 0. The van der Waals surface area contributed by atoms with E-state index in [9.17, 15) is 12.8 Å². The van der Waals surface area contributed by atoms with E-state index in [2.05, 4.69) is 4.72 Å². The number of nitrogens with one attached hydrogen (secondary N) is 1. The molecule has 1 aromatic carbocycles. The highest BCUT2D eigenvalue weighted by molar-refractivity contribution is 7.89. The molecule has 1 rings (SSSR count). The molecule has 18 heavy (non-hydrogen) atoms. The van der Waals surface area contributed by atoms with Crippen LogP contribution in [0.5, 0.6) is 0 Å². The lowest BCUT2D eigenvalue weighted by atomic mass is 10.1. The molecular formula is C10H13ClFNO4S. The van der Waals surface area contributed by atoms with Crippen LogP contribution in [0, 0.1) is 5.82 Å². The van der Waals surface area contributed by atoms with Crippen LogP contribution in [-0.2, 0) is 10.0 Å². The van der Waals surface area contributed by atoms with Crippen molar-refractivity contribution in [2.45, 2.75) is 17.4 Å². The lowest BCUT2D eigenvalue weighted by Crippen LogP contribution is -2.51. The molecule has 0 bridgehead atoms. The molecule has 102 valence electrons. The molecule has 1 aromatic rings. The third kappa shape index (κ3) is 3.39. The lowest BCUT2D eigenvalue weighted by Gasteiger charge is -2.25. The molecule has 8 heteroatoms. The Morgan fingerprint density at radius 1 is 1.39 bits per heavy atom. The standard InChI is InChI=1S/C10H13ClFNO4S/c1-10(5-14,6-15)13-18(16,17)7-2-3-9(12)8(11)4-7/h2-4,13-15H,5-6H2,1H3. The average Bonchev–Trinajstić information content (AvgIpc) is 2.32. The molecular weight excluding hydrogens is 285 g/mol. The summed E-state index contributed by atoms with van der Waals surface area (Å²) in [5.41, 5.74) is -1.40. The number of hydrogen-bond donors (Lipinski definition) is 3. The van der Waals surface area contributed by atoms with Crippen molar-refractivity contribution in [3.8, 4) is 0 Å². The predicted molar refractivity (Wildman–Crippen MR) is 64.3 cm³/mol. The van der Waals surface area contributed by atoms with Gasteiger partial charge in [-0.15, -0.1) is 0 Å². The van der Waals surface area contributed by atoms with Crippen LogP contribution in [0.25, 0.3) is 0 Å². The van der Waals surface area contributed by atoms with Gasteiger partial charge in [0.15, 0.2) is 0 Å². The minimum Gasteiger partial charge on any atom is -0.394 e. The van der Waals surface area contributed by atoms with Crippen molar-refractivity contribution >= 4 is 21.6 Å². The van der Waals surface area contributed by atoms with E-state index < -0.39 is 34.6 Å². The maximum absolute atomic E-state index is 12.9. The zero-order valence-electron chi connectivity index (χ0n) is 9.52. The van der Waals surface area contributed by atoms with Gasteiger partial charge in [0.05, 0.1) is 28.7 Å². The second-order valence-corrected chi connectivity index (χ2v) is 6.15. The molecule has 0 saturated carbocycles. The Kier molecular flexibility index (Phi) is 4.68. The zero-order chi connectivity index (χ0) is 14.0. The molecule has 0 aliphatic rings. The van der Waals surface area contributed by atoms with Gasteiger partial charge in [0.2, 0.25) is 10.0 Å². The molecule has 0 unspecified atom stereocenters. The average molecular weight is 298 g/mol. The molecule has 0 heterocycles. The van der Waals surface area contributed by atoms with Crippen molar-refractivity contribution in [3.05, 3.63) is 29.0 Å². The van der Waals surface area contributed by atoms with E-state index in [0.717, 1.165) is 18.2 Å². The van der Waals surface area contributed by atoms with Crippen LogP contribution in [0.15, 0.2) is 23.1 Å². The summed E-state index contributed by atoms with van der Waals surface area (Å²) in [5, 5.41) is 17.7. The highest BCUT2D eigenvalue weighted by atomic mass is 35.5. The largest absolute Gasteiger partial charge is 0.394 e. The Balaban J connectivity index is 3.10. The molecule has 0 radical (unpaired) electrons. The number of aliphatic hydroxyl groups excluding tert-OH is 2. The second-order valence-electron chi connectivity index (χ2n) is 4.06. The van der Waals surface area contributed by atoms with Gasteiger partial charge in [-0.25, -0.2) is 17.5 Å². The van der Waals surface area contributed by atoms with Gasteiger partial charge in [0.25, 0.3) is 0 Å². The molecule has 0 atom stereocenters. The summed E-state index contributed by atoms with van der Waals surface area (Å²) < 4.78 is 38.9. The van der Waals surface area contributed by atoms with Crippen LogP contribution in [0.3, 0.4) is 0 Å². The maximum atomic E-state index is 12.9. The summed E-state index contributed by atoms with van der Waals surface area (Å²) in [5.74, 6) is -0.734. The first-order valence-corrected chi connectivity index (χ1v) is 6.81. The van der Waals surface area contributed by atoms with E-state index in [1.165, 1.54) is 6.92 Å². The highest BCUT2D eigenvalue weighted by Crippen LogP contribution is 2.20. The van der Waals surface area contributed by atoms with E-state index >= 15 is 0 Å². The van der Waals surface area contributed by atoms with Gasteiger partial charge in [-0.05, 0) is 25.1 Å². The molecule has 3 N–H and O–H groups in total. The Morgan fingerprint density at radius 2 is 1.94 bits per heavy atom. The van der Waals surface area contributed by atoms with E-state index in [1.807, 2.05) is 0 Å². The van der Waals surface area contributed by atoms with Crippen LogP contribution >= 0.6 is 11.6 Å². The van der Waals surface area contributed by atoms with Gasteiger partial charge in [-0.1, -0.05) is 11.6 Å². The molecule has 0 amide bonds. The minimum absolute atomic E-state index is 0.248. The highest BCUT2D eigenvalue weighted by Gasteiger charge is 2.29. The summed E-state index contributed by atoms with van der Waals surface area (Å²) in [7, 11) is -4.00. The minimum atomic E-state index is -4.00. The van der Waals surface area contributed by atoms with Crippen LogP contribution in [0.1, 0.15) is 6.92 Å². The van der Waals surface area contributed by atoms with Gasteiger partial charge < -0.3 is 10.2 Å². The third-order valence-corrected chi connectivity index (χ3v) is 4.21. The number of benzene rings is 1. The first kappa shape index (κ1) is 15.3. The molecule has 0 fully saturated rings. The molecule has 0 aliphatic heterocycles. The summed E-state index contributed by atoms with van der Waals surface area (Å²) in [6, 6.07) is 2.92. The number of aliphatic hydroxyl groups is 2. The van der Waals surface area contributed by atoms with Gasteiger partial charge in [0.1, 0.15) is 5.82 Å². The van der Waals surface area contributed by atoms with Crippen molar-refractivity contribution in [2.75, 3.05) is 13.2 Å². The molecule has 0 aromatic heterocycles. The van der Waals surface area contributed by atoms with Gasteiger partial charge in [-0.3, -0.25) is 0 Å². The molecule has 0 saturated heterocycles. The maximum Gasteiger partial charge on any atom is 0.241 e. The summed E-state index contributed by atoms with van der Waals surface area (Å²) in [4.78, 5) is -0.248. The smallest absolute Gasteiger partial charge is 0.241 e. The summed E-state index contributed by atoms with van der Waals surface area (Å²) >= 11 is 5.49. The van der Waals surface area contributed by atoms with Gasteiger partial charge in [0, 0.05) is 0 Å². The molecule has 5 nitrogen and oxygen atoms in total. The predicted octanol–water partition coefficient (Wildman–Crippen LogP) is 0.501. The SMILES string of the molecule is CC(CO)(CO)NS(=O)(=O)c1ccc(F)c(Cl)c1. The monoisotopic (exact) mass is 297 g/mol. The second kappa shape index (κ2) is 5.50. The van der Waals surface area contributed by atoms with Crippen LogP contribution in [0.2, 0.25) is 5.02 Å². The molecule has 0 spiro atoms. The van der Waals surface area contributed by atoms with E-state index in [-0.39, 0.29) is 9.92 Å². The topological polar surface area (TPSA) is 86.6 Å². The van der Waals surface area contributed by atoms with E-state index in [0.29, 0.717) is 0 Å². The number of hydrogen-bond acceptors (Lipinski definition) is 4. The first-order chi connectivity index (χ1) is 8.24. The Hall–Kier alpha value is -0.730. The van der Waals surface area contributed by atoms with Crippen molar-refractivity contribution < 1.29 is 23.0 Å². The fraction of sp³-hybridized carbons (Fsp3) is 0.400.